The Bertz CT molecular complexity index is 2710. The smallest absolute Gasteiger partial charge is 0.143 e. The van der Waals surface area contributed by atoms with Crippen LogP contribution < -0.4 is 10.4 Å². The number of allylic oxidation sites excluding steroid dienone is 1. The molecule has 244 valence electrons. The average molecular weight is 647 g/mol. The van der Waals surface area contributed by atoms with Crippen molar-refractivity contribution >= 4 is 50.7 Å². The molecule has 1 nitrogen and oxygen atoms in total. The fraction of sp³-hybridized carbons (Fsp3) is 0.143. The molecule has 1 heterocycles. The Kier molecular flexibility index (Phi) is 7.80. The molecule has 1 aromatic heterocycles. The summed E-state index contributed by atoms with van der Waals surface area (Å²) in [4.78, 5) is 0. The summed E-state index contributed by atoms with van der Waals surface area (Å²) in [5.74, 6) is 0.938. The average Bonchev–Trinajstić information content (AvgIpc) is 3.58. The van der Waals surface area contributed by atoms with Gasteiger partial charge in [-0.15, -0.1) is 0 Å². The first-order chi connectivity index (χ1) is 24.4. The van der Waals surface area contributed by atoms with E-state index in [0.29, 0.717) is 0 Å². The van der Waals surface area contributed by atoms with Crippen LogP contribution in [0.1, 0.15) is 57.1 Å². The molecule has 50 heavy (non-hydrogen) atoms. The van der Waals surface area contributed by atoms with Gasteiger partial charge in [0.05, 0.1) is 0 Å². The lowest BCUT2D eigenvalue weighted by atomic mass is 9.79. The maximum atomic E-state index is 6.63. The lowest BCUT2D eigenvalue weighted by Crippen LogP contribution is -2.27. The molecule has 0 aliphatic heterocycles. The summed E-state index contributed by atoms with van der Waals surface area (Å²) < 4.78 is 6.63. The molecule has 6 aromatic carbocycles. The molecule has 0 bridgehead atoms. The van der Waals surface area contributed by atoms with Crippen LogP contribution >= 0.6 is 0 Å². The highest BCUT2D eigenvalue weighted by Crippen LogP contribution is 2.56. The van der Waals surface area contributed by atoms with Crippen molar-refractivity contribution < 1.29 is 4.42 Å². The number of benzene rings is 5. The molecule has 1 heteroatoms. The standard InChI is InChI=1S/C49H42O/c1-7-18-44-31(4)45-47-46(40-23-16-17-24-41(40)48(45)50-44)42-30-35(27-28-43(42)49(47,5)6)39-22-13-11-10-12-21-38(36(8-2)37(39)9-3)34-26-25-32-19-14-15-20-33(32)29-34/h7-30H,1-6H3/b12-10?,13-11?,18-7-,36-8+,37-9+,38-21?,39-22?. The van der Waals surface area contributed by atoms with E-state index in [1.165, 1.54) is 82.1 Å². The van der Waals surface area contributed by atoms with E-state index in [1.807, 2.05) is 0 Å². The minimum Gasteiger partial charge on any atom is -0.456 e. The highest BCUT2D eigenvalue weighted by molar-refractivity contribution is 6.17. The fourth-order valence-electron chi connectivity index (χ4n) is 8.38. The van der Waals surface area contributed by atoms with Crippen LogP contribution in [0, 0.1) is 6.92 Å². The minimum atomic E-state index is -0.202. The van der Waals surface area contributed by atoms with E-state index in [4.69, 9.17) is 4.42 Å². The number of furan rings is 1. The number of rotatable bonds is 3. The van der Waals surface area contributed by atoms with Gasteiger partial charge in [-0.2, -0.15) is 0 Å². The summed E-state index contributed by atoms with van der Waals surface area (Å²) in [6, 6.07) is 44.4. The van der Waals surface area contributed by atoms with Crippen molar-refractivity contribution in [3.63, 3.8) is 0 Å². The Morgan fingerprint density at radius 3 is 1.86 bits per heavy atom. The second-order valence-electron chi connectivity index (χ2n) is 13.9. The van der Waals surface area contributed by atoms with Gasteiger partial charge in [0.2, 0.25) is 0 Å². The van der Waals surface area contributed by atoms with Gasteiger partial charge in [-0.05, 0) is 117 Å². The third-order valence-corrected chi connectivity index (χ3v) is 10.7. The summed E-state index contributed by atoms with van der Waals surface area (Å²) in [5.41, 5.74) is 12.2. The lowest BCUT2D eigenvalue weighted by molar-refractivity contribution is 0.603. The zero-order valence-electron chi connectivity index (χ0n) is 29.8. The zero-order chi connectivity index (χ0) is 34.6. The van der Waals surface area contributed by atoms with Crippen LogP contribution in [0.25, 0.3) is 84.1 Å². The molecule has 7 aromatic rings. The summed E-state index contributed by atoms with van der Waals surface area (Å²) >= 11 is 0. The van der Waals surface area contributed by atoms with E-state index < -0.39 is 0 Å². The van der Waals surface area contributed by atoms with Crippen LogP contribution in [0.15, 0.2) is 132 Å². The Balaban J connectivity index is 1.44. The quantitative estimate of drug-likeness (QED) is 0.186. The Morgan fingerprint density at radius 1 is 0.580 bits per heavy atom. The maximum absolute atomic E-state index is 6.63. The van der Waals surface area contributed by atoms with Crippen molar-refractivity contribution in [3.05, 3.63) is 160 Å². The molecule has 0 fully saturated rings. The van der Waals surface area contributed by atoms with Crippen LogP contribution in [0.2, 0.25) is 0 Å². The SMILES string of the molecule is C/C=C\c1oc2c(c1C)c1c(c3ccccc32)-c2cc(-c3ccccccc(-c4ccc5ccccc5c4)c(=C/C)/c3=C\C)ccc2C1(C)C. The Morgan fingerprint density at radius 2 is 1.18 bits per heavy atom. The molecule has 0 atom stereocenters. The number of hydrogen-bond acceptors (Lipinski definition) is 1. The summed E-state index contributed by atoms with van der Waals surface area (Å²) in [6.45, 7) is 13.3. The first-order valence-electron chi connectivity index (χ1n) is 17.7. The first kappa shape index (κ1) is 31.6. The molecular weight excluding hydrogens is 605 g/mol. The van der Waals surface area contributed by atoms with E-state index in [-0.39, 0.29) is 5.41 Å². The first-order valence-corrected chi connectivity index (χ1v) is 17.7. The van der Waals surface area contributed by atoms with Crippen molar-refractivity contribution in [2.24, 2.45) is 0 Å². The van der Waals surface area contributed by atoms with Crippen molar-refractivity contribution in [2.45, 2.75) is 47.0 Å². The number of hydrogen-bond donors (Lipinski definition) is 0. The third kappa shape index (κ3) is 4.83. The number of fused-ring (bicyclic) bond motifs is 9. The monoisotopic (exact) mass is 646 g/mol. The van der Waals surface area contributed by atoms with Crippen molar-refractivity contribution in [2.75, 3.05) is 0 Å². The predicted molar refractivity (Wildman–Crippen MR) is 216 cm³/mol. The molecule has 0 radical (unpaired) electrons. The summed E-state index contributed by atoms with van der Waals surface area (Å²) in [7, 11) is 0. The van der Waals surface area contributed by atoms with Gasteiger partial charge in [0.15, 0.2) is 0 Å². The molecule has 0 unspecified atom stereocenters. The molecule has 8 rings (SSSR count). The van der Waals surface area contributed by atoms with Crippen LogP contribution in [0.5, 0.6) is 0 Å². The largest absolute Gasteiger partial charge is 0.456 e. The van der Waals surface area contributed by atoms with E-state index in [9.17, 15) is 0 Å². The van der Waals surface area contributed by atoms with E-state index in [1.54, 1.807) is 0 Å². The molecular formula is C49H42O. The summed E-state index contributed by atoms with van der Waals surface area (Å²) in [6.07, 6.45) is 8.70. The molecule has 1 aliphatic rings. The number of aryl methyl sites for hydroxylation is 1. The second kappa shape index (κ2) is 12.3. The molecule has 0 saturated heterocycles. The Labute approximate surface area is 294 Å². The molecule has 0 N–H and O–H groups in total. The van der Waals surface area contributed by atoms with E-state index in [0.717, 1.165) is 16.7 Å². The molecule has 1 aliphatic carbocycles. The third-order valence-electron chi connectivity index (χ3n) is 10.7. The van der Waals surface area contributed by atoms with Gasteiger partial charge >= 0.3 is 0 Å². The highest BCUT2D eigenvalue weighted by atomic mass is 16.3. The van der Waals surface area contributed by atoms with Crippen molar-refractivity contribution in [1.82, 2.24) is 0 Å². The second-order valence-corrected chi connectivity index (χ2v) is 13.9. The van der Waals surface area contributed by atoms with Crippen LogP contribution in [-0.4, -0.2) is 0 Å². The predicted octanol–water partition coefficient (Wildman–Crippen LogP) is 12.4. The lowest BCUT2D eigenvalue weighted by Gasteiger charge is -2.23. The molecule has 0 spiro atoms. The molecule has 0 saturated carbocycles. The van der Waals surface area contributed by atoms with Gasteiger partial charge in [0.25, 0.3) is 0 Å². The van der Waals surface area contributed by atoms with E-state index in [2.05, 4.69) is 187 Å². The topological polar surface area (TPSA) is 13.1 Å². The minimum absolute atomic E-state index is 0.202. The summed E-state index contributed by atoms with van der Waals surface area (Å²) in [5, 5.41) is 8.58. The molecule has 0 amide bonds. The van der Waals surface area contributed by atoms with Crippen LogP contribution in [0.3, 0.4) is 0 Å². The van der Waals surface area contributed by atoms with Gasteiger partial charge in [-0.1, -0.05) is 141 Å². The van der Waals surface area contributed by atoms with E-state index >= 15 is 0 Å². The van der Waals surface area contributed by atoms with Crippen LogP contribution in [0.4, 0.5) is 0 Å². The van der Waals surface area contributed by atoms with Gasteiger partial charge in [0.1, 0.15) is 11.3 Å². The van der Waals surface area contributed by atoms with Gasteiger partial charge < -0.3 is 4.42 Å². The normalized spacial score (nSPS) is 14.1. The highest BCUT2D eigenvalue weighted by Gasteiger charge is 2.40. The van der Waals surface area contributed by atoms with Gasteiger partial charge in [-0.3, -0.25) is 0 Å². The Hall–Kier alpha value is -5.66. The van der Waals surface area contributed by atoms with Crippen molar-refractivity contribution in [3.8, 4) is 33.4 Å². The maximum Gasteiger partial charge on any atom is 0.143 e. The van der Waals surface area contributed by atoms with Crippen molar-refractivity contribution in [1.29, 1.82) is 0 Å². The van der Waals surface area contributed by atoms with Gasteiger partial charge in [0, 0.05) is 21.8 Å². The van der Waals surface area contributed by atoms with Gasteiger partial charge in [-0.25, -0.2) is 0 Å². The fourth-order valence-corrected chi connectivity index (χ4v) is 8.38. The van der Waals surface area contributed by atoms with Crippen LogP contribution in [-0.2, 0) is 5.41 Å². The zero-order valence-corrected chi connectivity index (χ0v) is 29.8.